The van der Waals surface area contributed by atoms with E-state index in [1.165, 1.54) is 11.0 Å². The number of aryl methyl sites for hydroxylation is 1. The Hall–Kier alpha value is -3.51. The number of carbonyl (C=O) groups is 2. The van der Waals surface area contributed by atoms with Crippen molar-refractivity contribution in [2.75, 3.05) is 16.8 Å². The van der Waals surface area contributed by atoms with Crippen molar-refractivity contribution < 1.29 is 14.0 Å². The summed E-state index contributed by atoms with van der Waals surface area (Å²) >= 11 is 6.35. The molecule has 3 aromatic carbocycles. The molecule has 4 rings (SSSR count). The van der Waals surface area contributed by atoms with Crippen LogP contribution in [0.25, 0.3) is 0 Å². The highest BCUT2D eigenvalue weighted by atomic mass is 35.5. The van der Waals surface area contributed by atoms with E-state index in [1.807, 2.05) is 45.9 Å². The maximum Gasteiger partial charge on any atom is 0.252 e. The first kappa shape index (κ1) is 25.6. The number of hydrogen-bond acceptors (Lipinski definition) is 3. The summed E-state index contributed by atoms with van der Waals surface area (Å²) in [7, 11) is 0. The number of benzodiazepines with no additional fused rings is 1. The first-order valence-electron chi connectivity index (χ1n) is 12.0. The molecule has 1 heterocycles. The number of nitrogens with one attached hydrogen (secondary N) is 1. The Balaban J connectivity index is 1.81. The number of aliphatic imine (C=N–C) groups is 1. The van der Waals surface area contributed by atoms with E-state index in [0.29, 0.717) is 34.1 Å². The second-order valence-corrected chi connectivity index (χ2v) is 9.61. The van der Waals surface area contributed by atoms with Crippen LogP contribution in [-0.2, 0) is 9.59 Å². The Kier molecular flexibility index (Phi) is 7.55. The van der Waals surface area contributed by atoms with Crippen molar-refractivity contribution in [3.63, 3.8) is 0 Å². The molecule has 1 aliphatic rings. The second kappa shape index (κ2) is 10.6. The summed E-state index contributed by atoms with van der Waals surface area (Å²) in [6, 6.07) is 16.3. The summed E-state index contributed by atoms with van der Waals surface area (Å²) < 4.78 is 15.0. The molecule has 0 saturated heterocycles. The van der Waals surface area contributed by atoms with Gasteiger partial charge in [-0.15, -0.1) is 0 Å². The van der Waals surface area contributed by atoms with Crippen LogP contribution in [0, 0.1) is 25.6 Å². The summed E-state index contributed by atoms with van der Waals surface area (Å²) in [5.74, 6) is -1.22. The minimum Gasteiger partial charge on any atom is -0.324 e. The van der Waals surface area contributed by atoms with Gasteiger partial charge in [-0.3, -0.25) is 14.6 Å². The molecule has 186 valence electrons. The normalized spacial score (nSPS) is 16.2. The molecule has 7 heteroatoms. The molecule has 2 atom stereocenters. The van der Waals surface area contributed by atoms with Crippen LogP contribution in [0.5, 0.6) is 0 Å². The number of fused-ring (bicyclic) bond motifs is 1. The van der Waals surface area contributed by atoms with Gasteiger partial charge in [-0.2, -0.15) is 0 Å². The third kappa shape index (κ3) is 5.05. The average Bonchev–Trinajstić information content (AvgIpc) is 2.96. The summed E-state index contributed by atoms with van der Waals surface area (Å²) in [4.78, 5) is 33.3. The van der Waals surface area contributed by atoms with Gasteiger partial charge in [0.1, 0.15) is 18.4 Å². The summed E-state index contributed by atoms with van der Waals surface area (Å²) in [5, 5.41) is 3.36. The van der Waals surface area contributed by atoms with Crippen molar-refractivity contribution in [1.29, 1.82) is 0 Å². The van der Waals surface area contributed by atoms with Gasteiger partial charge in [0.05, 0.1) is 11.4 Å². The average molecular weight is 506 g/mol. The summed E-state index contributed by atoms with van der Waals surface area (Å²) in [6.45, 7) is 7.60. The first-order chi connectivity index (χ1) is 17.2. The van der Waals surface area contributed by atoms with Crippen molar-refractivity contribution in [2.45, 2.75) is 40.2 Å². The van der Waals surface area contributed by atoms with Crippen LogP contribution < -0.4 is 10.2 Å². The highest BCUT2D eigenvalue weighted by Gasteiger charge is 2.36. The molecule has 0 radical (unpaired) electrons. The smallest absolute Gasteiger partial charge is 0.252 e. The number of hydrogen-bond donors (Lipinski definition) is 1. The zero-order valence-corrected chi connectivity index (χ0v) is 21.6. The molecule has 5 nitrogen and oxygen atoms in total. The lowest BCUT2D eigenvalue weighted by molar-refractivity contribution is -0.123. The topological polar surface area (TPSA) is 61.8 Å². The van der Waals surface area contributed by atoms with Gasteiger partial charge in [0.25, 0.3) is 5.91 Å². The molecule has 0 aliphatic carbocycles. The minimum absolute atomic E-state index is 0.131. The third-order valence-electron chi connectivity index (χ3n) is 6.78. The number of benzene rings is 3. The molecular weight excluding hydrogens is 477 g/mol. The molecule has 3 aromatic rings. The molecule has 2 amide bonds. The van der Waals surface area contributed by atoms with Crippen molar-refractivity contribution in [1.82, 2.24) is 0 Å². The molecule has 36 heavy (non-hydrogen) atoms. The number of amides is 2. The summed E-state index contributed by atoms with van der Waals surface area (Å²) in [6.07, 6.45) is 0.685. The van der Waals surface area contributed by atoms with Crippen LogP contribution in [0.4, 0.5) is 15.8 Å². The lowest BCUT2D eigenvalue weighted by atomic mass is 9.97. The molecule has 1 aliphatic heterocycles. The number of nitrogens with zero attached hydrogens (tertiary/aromatic N) is 2. The van der Waals surface area contributed by atoms with Gasteiger partial charge in [0.2, 0.25) is 5.91 Å². The second-order valence-electron chi connectivity index (χ2n) is 9.17. The monoisotopic (exact) mass is 505 g/mol. The molecular formula is C29H29ClFN3O2. The van der Waals surface area contributed by atoms with Crippen molar-refractivity contribution in [3.05, 3.63) is 93.8 Å². The Morgan fingerprint density at radius 2 is 1.86 bits per heavy atom. The zero-order chi connectivity index (χ0) is 26.0. The molecule has 0 fully saturated rings. The van der Waals surface area contributed by atoms with E-state index in [2.05, 4.69) is 5.32 Å². The fraction of sp³-hybridized carbons (Fsp3) is 0.276. The lowest BCUT2D eigenvalue weighted by Crippen LogP contribution is -2.44. The van der Waals surface area contributed by atoms with Gasteiger partial charge in [0.15, 0.2) is 0 Å². The SMILES string of the molecule is CC[C@@H](C)[C@H]1N=C(c2ccccc2F)c2cc(Cl)ccc2N(CC(=O)Nc2cccc(C)c2C)C1=O. The number of rotatable bonds is 6. The van der Waals surface area contributed by atoms with E-state index >= 15 is 0 Å². The van der Waals surface area contributed by atoms with Crippen LogP contribution in [0.2, 0.25) is 5.02 Å². The van der Waals surface area contributed by atoms with Crippen molar-refractivity contribution in [2.24, 2.45) is 10.9 Å². The molecule has 0 spiro atoms. The zero-order valence-electron chi connectivity index (χ0n) is 20.8. The third-order valence-corrected chi connectivity index (χ3v) is 7.02. The number of anilines is 2. The Bertz CT molecular complexity index is 1350. The van der Waals surface area contributed by atoms with E-state index in [0.717, 1.165) is 11.1 Å². The maximum atomic E-state index is 15.0. The molecule has 0 aromatic heterocycles. The highest BCUT2D eigenvalue weighted by molar-refractivity contribution is 6.32. The van der Waals surface area contributed by atoms with E-state index in [1.54, 1.807) is 36.4 Å². The van der Waals surface area contributed by atoms with Gasteiger partial charge < -0.3 is 10.2 Å². The summed E-state index contributed by atoms with van der Waals surface area (Å²) in [5.41, 5.74) is 4.31. The van der Waals surface area contributed by atoms with Crippen molar-refractivity contribution in [3.8, 4) is 0 Å². The van der Waals surface area contributed by atoms with Gasteiger partial charge in [-0.25, -0.2) is 4.39 Å². The van der Waals surface area contributed by atoms with Gasteiger partial charge >= 0.3 is 0 Å². The highest BCUT2D eigenvalue weighted by Crippen LogP contribution is 2.33. The maximum absolute atomic E-state index is 15.0. The Morgan fingerprint density at radius 1 is 1.11 bits per heavy atom. The van der Waals surface area contributed by atoms with E-state index in [4.69, 9.17) is 16.6 Å². The van der Waals surface area contributed by atoms with Crippen LogP contribution in [0.15, 0.2) is 65.7 Å². The van der Waals surface area contributed by atoms with Crippen LogP contribution in [-0.4, -0.2) is 30.1 Å². The first-order valence-corrected chi connectivity index (χ1v) is 12.4. The van der Waals surface area contributed by atoms with Crippen molar-refractivity contribution >= 4 is 40.5 Å². The van der Waals surface area contributed by atoms with E-state index in [9.17, 15) is 14.0 Å². The predicted molar refractivity (Wildman–Crippen MR) is 144 cm³/mol. The van der Waals surface area contributed by atoms with E-state index in [-0.39, 0.29) is 29.8 Å². The number of carbonyl (C=O) groups excluding carboxylic acids is 2. The van der Waals surface area contributed by atoms with Crippen LogP contribution >= 0.6 is 11.6 Å². The lowest BCUT2D eigenvalue weighted by Gasteiger charge is -2.27. The predicted octanol–water partition coefficient (Wildman–Crippen LogP) is 6.33. The van der Waals surface area contributed by atoms with Gasteiger partial charge in [0, 0.05) is 21.8 Å². The molecule has 0 saturated carbocycles. The molecule has 1 N–H and O–H groups in total. The molecule has 0 bridgehead atoms. The standard InChI is InChI=1S/C29H29ClFN3O2/c1-5-17(2)27-29(36)34(16-26(35)32-24-12-8-9-18(3)19(24)4)25-14-13-20(30)15-22(25)28(33-27)21-10-6-7-11-23(21)31/h6-15,17,27H,5,16H2,1-4H3,(H,32,35)/t17-,27-/m1/s1. The Labute approximate surface area is 216 Å². The van der Waals surface area contributed by atoms with Crippen LogP contribution in [0.3, 0.4) is 0 Å². The Morgan fingerprint density at radius 3 is 2.58 bits per heavy atom. The number of halogens is 2. The van der Waals surface area contributed by atoms with Gasteiger partial charge in [-0.05, 0) is 67.3 Å². The van der Waals surface area contributed by atoms with Gasteiger partial charge in [-0.1, -0.05) is 56.1 Å². The molecule has 0 unspecified atom stereocenters. The fourth-order valence-electron chi connectivity index (χ4n) is 4.32. The largest absolute Gasteiger partial charge is 0.324 e. The quantitative estimate of drug-likeness (QED) is 0.425. The van der Waals surface area contributed by atoms with E-state index < -0.39 is 11.9 Å². The van der Waals surface area contributed by atoms with Crippen LogP contribution in [0.1, 0.15) is 42.5 Å². The fourth-order valence-corrected chi connectivity index (χ4v) is 4.49. The minimum atomic E-state index is -0.788.